The molecule has 14 heavy (non-hydrogen) atoms. The van der Waals surface area contributed by atoms with Crippen LogP contribution >= 0.6 is 0 Å². The second kappa shape index (κ2) is 6.86. The van der Waals surface area contributed by atoms with Gasteiger partial charge in [0, 0.05) is 0 Å². The van der Waals surface area contributed by atoms with E-state index in [1.54, 1.807) is 6.42 Å². The minimum atomic E-state index is -0.142. The molecule has 2 heteroatoms. The van der Waals surface area contributed by atoms with E-state index in [4.69, 9.17) is 4.74 Å². The van der Waals surface area contributed by atoms with Crippen LogP contribution in [0.4, 0.5) is 0 Å². The molecule has 0 aromatic rings. The van der Waals surface area contributed by atoms with Crippen LogP contribution in [0.3, 0.4) is 0 Å². The summed E-state index contributed by atoms with van der Waals surface area (Å²) in [7, 11) is 0. The lowest BCUT2D eigenvalue weighted by Gasteiger charge is -2.13. The normalized spacial score (nSPS) is 18.9. The zero-order valence-corrected chi connectivity index (χ0v) is 9.13. The van der Waals surface area contributed by atoms with E-state index in [0.29, 0.717) is 12.5 Å². The first-order chi connectivity index (χ1) is 6.83. The van der Waals surface area contributed by atoms with Gasteiger partial charge in [-0.15, -0.1) is 0 Å². The molecule has 0 aromatic carbocycles. The molecule has 1 saturated carbocycles. The number of esters is 1. The van der Waals surface area contributed by atoms with Gasteiger partial charge in [0.25, 0.3) is 0 Å². The summed E-state index contributed by atoms with van der Waals surface area (Å²) in [6.45, 7) is 2.59. The Labute approximate surface area is 87.0 Å². The zero-order chi connectivity index (χ0) is 10.2. The highest BCUT2D eigenvalue weighted by molar-refractivity contribution is 5.78. The van der Waals surface area contributed by atoms with Crippen molar-refractivity contribution >= 4 is 5.97 Å². The topological polar surface area (TPSA) is 26.3 Å². The molecule has 0 unspecified atom stereocenters. The van der Waals surface area contributed by atoms with Gasteiger partial charge in [-0.1, -0.05) is 32.6 Å². The van der Waals surface area contributed by atoms with Crippen LogP contribution < -0.4 is 0 Å². The predicted octanol–water partition coefficient (Wildman–Crippen LogP) is 3.11. The molecule has 0 heterocycles. The summed E-state index contributed by atoms with van der Waals surface area (Å²) in [5.74, 6) is 0.475. The van der Waals surface area contributed by atoms with Gasteiger partial charge in [0.05, 0.1) is 13.0 Å². The molecule has 2 nitrogen and oxygen atoms in total. The summed E-state index contributed by atoms with van der Waals surface area (Å²) in [5, 5.41) is 0. The van der Waals surface area contributed by atoms with E-state index in [0.717, 1.165) is 6.42 Å². The van der Waals surface area contributed by atoms with Crippen LogP contribution in [-0.4, -0.2) is 12.6 Å². The fourth-order valence-electron chi connectivity index (χ4n) is 1.96. The summed E-state index contributed by atoms with van der Waals surface area (Å²) < 4.78 is 5.18. The van der Waals surface area contributed by atoms with Crippen LogP contribution in [-0.2, 0) is 9.53 Å². The Morgan fingerprint density at radius 3 is 2.50 bits per heavy atom. The average molecular weight is 197 g/mol. The van der Waals surface area contributed by atoms with E-state index in [-0.39, 0.29) is 5.97 Å². The van der Waals surface area contributed by atoms with E-state index >= 15 is 0 Å². The Hall–Kier alpha value is -0.530. The first kappa shape index (κ1) is 11.5. The third-order valence-corrected chi connectivity index (χ3v) is 2.81. The Morgan fingerprint density at radius 2 is 1.93 bits per heavy atom. The Bertz CT molecular complexity index is 158. The van der Waals surface area contributed by atoms with Crippen molar-refractivity contribution in [1.82, 2.24) is 0 Å². The lowest BCUT2D eigenvalue weighted by Crippen LogP contribution is -2.13. The molecule has 0 saturated heterocycles. The van der Waals surface area contributed by atoms with E-state index in [1.165, 1.54) is 38.5 Å². The van der Waals surface area contributed by atoms with Gasteiger partial charge in [-0.3, -0.25) is 4.79 Å². The third-order valence-electron chi connectivity index (χ3n) is 2.81. The highest BCUT2D eigenvalue weighted by Gasteiger charge is 2.14. The molecule has 0 bridgehead atoms. The fourth-order valence-corrected chi connectivity index (χ4v) is 1.96. The minimum absolute atomic E-state index is 0.142. The molecule has 0 atom stereocenters. The molecule has 1 rings (SSSR count). The number of carbonyl (C=O) groups is 1. The Kier molecular flexibility index (Phi) is 5.65. The van der Waals surface area contributed by atoms with Gasteiger partial charge in [-0.2, -0.15) is 0 Å². The molecule has 1 radical (unpaired) electrons. The second-order valence-corrected chi connectivity index (χ2v) is 4.10. The van der Waals surface area contributed by atoms with Crippen LogP contribution in [0, 0.1) is 12.3 Å². The highest BCUT2D eigenvalue weighted by atomic mass is 16.5. The number of hydrogen-bond donors (Lipinski definition) is 0. The van der Waals surface area contributed by atoms with Crippen molar-refractivity contribution < 1.29 is 9.53 Å². The predicted molar refractivity (Wildman–Crippen MR) is 56.7 cm³/mol. The smallest absolute Gasteiger partial charge is 0.309 e. The Balaban J connectivity index is 2.12. The van der Waals surface area contributed by atoms with Gasteiger partial charge in [0.15, 0.2) is 0 Å². The van der Waals surface area contributed by atoms with Crippen LogP contribution in [0.1, 0.15) is 51.9 Å². The second-order valence-electron chi connectivity index (χ2n) is 4.10. The van der Waals surface area contributed by atoms with Gasteiger partial charge in [-0.25, -0.2) is 0 Å². The summed E-state index contributed by atoms with van der Waals surface area (Å²) in [4.78, 5) is 11.1. The maximum absolute atomic E-state index is 11.1. The quantitative estimate of drug-likeness (QED) is 0.511. The van der Waals surface area contributed by atoms with E-state index < -0.39 is 0 Å². The zero-order valence-electron chi connectivity index (χ0n) is 9.13. The van der Waals surface area contributed by atoms with Crippen molar-refractivity contribution in [2.24, 2.45) is 5.92 Å². The maximum Gasteiger partial charge on any atom is 0.309 e. The SMILES string of the molecule is CC[CH]C(=O)OCC1CCCCCC1. The molecule has 0 N–H and O–H groups in total. The first-order valence-corrected chi connectivity index (χ1v) is 5.83. The molecule has 1 fully saturated rings. The molecule has 1 aliphatic rings. The van der Waals surface area contributed by atoms with Gasteiger partial charge in [0.1, 0.15) is 0 Å². The minimum Gasteiger partial charge on any atom is -0.465 e. The van der Waals surface area contributed by atoms with Crippen LogP contribution in [0.15, 0.2) is 0 Å². The maximum atomic E-state index is 11.1. The average Bonchev–Trinajstić information content (AvgIpc) is 2.43. The molecule has 0 spiro atoms. The van der Waals surface area contributed by atoms with Crippen LogP contribution in [0.5, 0.6) is 0 Å². The molecule has 0 aromatic heterocycles. The largest absolute Gasteiger partial charge is 0.465 e. The fraction of sp³-hybridized carbons (Fsp3) is 0.833. The van der Waals surface area contributed by atoms with Crippen LogP contribution in [0.25, 0.3) is 0 Å². The Morgan fingerprint density at radius 1 is 1.29 bits per heavy atom. The highest BCUT2D eigenvalue weighted by Crippen LogP contribution is 2.22. The summed E-state index contributed by atoms with van der Waals surface area (Å²) >= 11 is 0. The molecule has 81 valence electrons. The number of hydrogen-bond acceptors (Lipinski definition) is 2. The first-order valence-electron chi connectivity index (χ1n) is 5.83. The third kappa shape index (κ3) is 4.64. The monoisotopic (exact) mass is 197 g/mol. The van der Waals surface area contributed by atoms with Gasteiger partial charge in [-0.05, 0) is 25.2 Å². The summed E-state index contributed by atoms with van der Waals surface area (Å²) in [6.07, 6.45) is 10.2. The molecule has 1 aliphatic carbocycles. The van der Waals surface area contributed by atoms with Gasteiger partial charge < -0.3 is 4.74 Å². The van der Waals surface area contributed by atoms with Crippen molar-refractivity contribution in [1.29, 1.82) is 0 Å². The van der Waals surface area contributed by atoms with E-state index in [9.17, 15) is 4.79 Å². The van der Waals surface area contributed by atoms with Gasteiger partial charge in [0.2, 0.25) is 0 Å². The van der Waals surface area contributed by atoms with Crippen molar-refractivity contribution in [3.8, 4) is 0 Å². The van der Waals surface area contributed by atoms with Crippen molar-refractivity contribution in [3.63, 3.8) is 0 Å². The molecular weight excluding hydrogens is 176 g/mol. The molecular formula is C12H21O2. The van der Waals surface area contributed by atoms with Crippen molar-refractivity contribution in [2.45, 2.75) is 51.9 Å². The van der Waals surface area contributed by atoms with Crippen molar-refractivity contribution in [2.75, 3.05) is 6.61 Å². The lowest BCUT2D eigenvalue weighted by molar-refractivity contribution is -0.141. The number of ether oxygens (including phenoxy) is 1. The molecule has 0 amide bonds. The number of carbonyl (C=O) groups excluding carboxylic acids is 1. The van der Waals surface area contributed by atoms with E-state index in [2.05, 4.69) is 0 Å². The van der Waals surface area contributed by atoms with Crippen molar-refractivity contribution in [3.05, 3.63) is 6.42 Å². The summed E-state index contributed by atoms with van der Waals surface area (Å²) in [5.41, 5.74) is 0. The lowest BCUT2D eigenvalue weighted by atomic mass is 10.0. The van der Waals surface area contributed by atoms with Gasteiger partial charge >= 0.3 is 5.97 Å². The van der Waals surface area contributed by atoms with E-state index in [1.807, 2.05) is 6.92 Å². The summed E-state index contributed by atoms with van der Waals surface area (Å²) in [6, 6.07) is 0. The number of rotatable bonds is 4. The van der Waals surface area contributed by atoms with Crippen LogP contribution in [0.2, 0.25) is 0 Å². The molecule has 0 aliphatic heterocycles. The standard InChI is InChI=1S/C12H21O2/c1-2-7-12(13)14-10-11-8-5-3-4-6-9-11/h7,11H,2-6,8-10H2,1H3.